The average molecular weight is 861 g/mol. The van der Waals surface area contributed by atoms with Gasteiger partial charge in [0.15, 0.2) is 0 Å². The summed E-state index contributed by atoms with van der Waals surface area (Å²) in [5, 5.41) is 23.2. The van der Waals surface area contributed by atoms with Crippen LogP contribution >= 0.6 is 0 Å². The zero-order valence-electron chi connectivity index (χ0n) is 42.0. The maximum absolute atomic E-state index is 12.5. The van der Waals surface area contributed by atoms with E-state index >= 15 is 0 Å². The lowest BCUT2D eigenvalue weighted by atomic mass is 10.0. The number of hydrogen-bond acceptors (Lipinski definition) is 3. The van der Waals surface area contributed by atoms with Gasteiger partial charge in [0.1, 0.15) is 0 Å². The molecular formula is C57H113NO3. The second-order valence-corrected chi connectivity index (χ2v) is 19.7. The summed E-state index contributed by atoms with van der Waals surface area (Å²) in [4.78, 5) is 12.5. The van der Waals surface area contributed by atoms with Crippen LogP contribution in [-0.4, -0.2) is 34.9 Å². The molecule has 1 amide bonds. The van der Waals surface area contributed by atoms with E-state index in [0.717, 1.165) is 25.7 Å². The van der Waals surface area contributed by atoms with Gasteiger partial charge in [0.2, 0.25) is 5.91 Å². The molecule has 3 N–H and O–H groups in total. The molecule has 0 spiro atoms. The lowest BCUT2D eigenvalue weighted by Gasteiger charge is -2.20. The van der Waals surface area contributed by atoms with Gasteiger partial charge in [-0.15, -0.1) is 0 Å². The van der Waals surface area contributed by atoms with Crippen LogP contribution in [0.25, 0.3) is 0 Å². The van der Waals surface area contributed by atoms with Crippen molar-refractivity contribution in [2.24, 2.45) is 0 Å². The van der Waals surface area contributed by atoms with Crippen LogP contribution < -0.4 is 5.32 Å². The van der Waals surface area contributed by atoms with E-state index < -0.39 is 12.1 Å². The van der Waals surface area contributed by atoms with Gasteiger partial charge >= 0.3 is 0 Å². The topological polar surface area (TPSA) is 69.6 Å². The molecule has 0 aromatic carbocycles. The minimum atomic E-state index is -0.835. The fourth-order valence-electron chi connectivity index (χ4n) is 9.18. The van der Waals surface area contributed by atoms with Gasteiger partial charge < -0.3 is 15.5 Å². The van der Waals surface area contributed by atoms with Crippen molar-refractivity contribution in [1.82, 2.24) is 5.32 Å². The van der Waals surface area contributed by atoms with Crippen molar-refractivity contribution in [2.75, 3.05) is 6.61 Å². The zero-order chi connectivity index (χ0) is 44.2. The van der Waals surface area contributed by atoms with Crippen LogP contribution in [0.5, 0.6) is 0 Å². The molecule has 0 aromatic rings. The predicted octanol–water partition coefficient (Wildman–Crippen LogP) is 18.5. The summed E-state index contributed by atoms with van der Waals surface area (Å²) >= 11 is 0. The van der Waals surface area contributed by atoms with Crippen molar-refractivity contribution in [2.45, 2.75) is 341 Å². The predicted molar refractivity (Wildman–Crippen MR) is 272 cm³/mol. The van der Waals surface area contributed by atoms with Gasteiger partial charge in [0.05, 0.1) is 18.8 Å². The minimum Gasteiger partial charge on any atom is -0.394 e. The second-order valence-electron chi connectivity index (χ2n) is 19.7. The third-order valence-corrected chi connectivity index (χ3v) is 13.5. The summed E-state index contributed by atoms with van der Waals surface area (Å²) in [5.74, 6) is -0.0557. The van der Waals surface area contributed by atoms with Gasteiger partial charge in [-0.1, -0.05) is 315 Å². The van der Waals surface area contributed by atoms with Gasteiger partial charge in [-0.25, -0.2) is 0 Å². The molecule has 2 atom stereocenters. The number of nitrogens with one attached hydrogen (secondary N) is 1. The molecule has 0 rings (SSSR count). The largest absolute Gasteiger partial charge is 0.394 e. The summed E-state index contributed by atoms with van der Waals surface area (Å²) in [6.45, 7) is 4.35. The lowest BCUT2D eigenvalue weighted by molar-refractivity contribution is -0.123. The Kier molecular flexibility index (Phi) is 52.7. The fourth-order valence-corrected chi connectivity index (χ4v) is 9.18. The van der Waals surface area contributed by atoms with E-state index in [1.54, 1.807) is 6.08 Å². The van der Waals surface area contributed by atoms with Crippen molar-refractivity contribution >= 4 is 5.91 Å². The molecule has 0 heterocycles. The molecule has 0 saturated carbocycles. The van der Waals surface area contributed by atoms with Crippen LogP contribution in [-0.2, 0) is 4.79 Å². The Morgan fingerprint density at radius 1 is 0.377 bits per heavy atom. The monoisotopic (exact) mass is 860 g/mol. The number of rotatable bonds is 53. The molecule has 0 radical (unpaired) electrons. The Morgan fingerprint density at radius 3 is 0.852 bits per heavy atom. The second kappa shape index (κ2) is 53.5. The SMILES string of the molecule is CCCCCCCCCCCCCCCCCCCCCCCCCCC/C=C/C(O)C(CO)NC(=O)CCCCCCCCCCCCCCCCCCCCCCCC. The minimum absolute atomic E-state index is 0.0557. The first-order valence-corrected chi connectivity index (χ1v) is 28.4. The fraction of sp³-hybridized carbons (Fsp3) is 0.947. The van der Waals surface area contributed by atoms with Crippen molar-refractivity contribution < 1.29 is 15.0 Å². The summed E-state index contributed by atoms with van der Waals surface area (Å²) in [7, 11) is 0. The highest BCUT2D eigenvalue weighted by molar-refractivity contribution is 5.76. The van der Waals surface area contributed by atoms with Crippen molar-refractivity contribution in [3.05, 3.63) is 12.2 Å². The first-order chi connectivity index (χ1) is 30.2. The van der Waals surface area contributed by atoms with Gasteiger partial charge in [0.25, 0.3) is 0 Å². The molecule has 364 valence electrons. The van der Waals surface area contributed by atoms with Crippen LogP contribution in [0.15, 0.2) is 12.2 Å². The Hall–Kier alpha value is -0.870. The molecule has 61 heavy (non-hydrogen) atoms. The van der Waals surface area contributed by atoms with E-state index in [-0.39, 0.29) is 12.5 Å². The molecule has 0 aliphatic rings. The Balaban J connectivity index is 3.45. The Labute approximate surface area is 384 Å². The molecule has 4 heteroatoms. The molecule has 0 saturated heterocycles. The normalized spacial score (nSPS) is 12.8. The number of allylic oxidation sites excluding steroid dienone is 1. The number of carbonyl (C=O) groups is 1. The highest BCUT2D eigenvalue weighted by Gasteiger charge is 2.18. The van der Waals surface area contributed by atoms with Gasteiger partial charge in [-0.3, -0.25) is 4.79 Å². The number of aliphatic hydroxyl groups is 2. The third-order valence-electron chi connectivity index (χ3n) is 13.5. The van der Waals surface area contributed by atoms with Gasteiger partial charge in [-0.05, 0) is 19.3 Å². The van der Waals surface area contributed by atoms with Crippen molar-refractivity contribution in [1.29, 1.82) is 0 Å². The van der Waals surface area contributed by atoms with E-state index in [4.69, 9.17) is 0 Å². The van der Waals surface area contributed by atoms with E-state index in [9.17, 15) is 15.0 Å². The van der Waals surface area contributed by atoms with Crippen LogP contribution in [0.3, 0.4) is 0 Å². The first-order valence-electron chi connectivity index (χ1n) is 28.4. The molecule has 0 aliphatic heterocycles. The lowest BCUT2D eigenvalue weighted by Crippen LogP contribution is -2.45. The van der Waals surface area contributed by atoms with Crippen LogP contribution in [0.2, 0.25) is 0 Å². The molecule has 0 aromatic heterocycles. The van der Waals surface area contributed by atoms with E-state index in [1.165, 1.54) is 283 Å². The molecular weight excluding hydrogens is 747 g/mol. The summed E-state index contributed by atoms with van der Waals surface area (Å²) < 4.78 is 0. The molecule has 0 fully saturated rings. The Bertz CT molecular complexity index is 844. The van der Waals surface area contributed by atoms with E-state index in [2.05, 4.69) is 19.2 Å². The van der Waals surface area contributed by atoms with Crippen LogP contribution in [0, 0.1) is 0 Å². The summed E-state index contributed by atoms with van der Waals surface area (Å²) in [6.07, 6.45) is 69.5. The maximum atomic E-state index is 12.5. The highest BCUT2D eigenvalue weighted by Crippen LogP contribution is 2.18. The average Bonchev–Trinajstić information content (AvgIpc) is 3.26. The Morgan fingerprint density at radius 2 is 0.607 bits per heavy atom. The van der Waals surface area contributed by atoms with E-state index in [0.29, 0.717) is 6.42 Å². The number of carbonyl (C=O) groups excluding carboxylic acids is 1. The molecule has 2 unspecified atom stereocenters. The van der Waals surface area contributed by atoms with Crippen molar-refractivity contribution in [3.63, 3.8) is 0 Å². The summed E-state index contributed by atoms with van der Waals surface area (Å²) in [5.41, 5.74) is 0. The number of unbranched alkanes of at least 4 members (excludes halogenated alkanes) is 46. The molecule has 0 aliphatic carbocycles. The highest BCUT2D eigenvalue weighted by atomic mass is 16.3. The molecule has 4 nitrogen and oxygen atoms in total. The smallest absolute Gasteiger partial charge is 0.220 e. The third kappa shape index (κ3) is 50.0. The van der Waals surface area contributed by atoms with E-state index in [1.807, 2.05) is 6.08 Å². The number of amides is 1. The zero-order valence-corrected chi connectivity index (χ0v) is 42.0. The maximum Gasteiger partial charge on any atom is 0.220 e. The number of aliphatic hydroxyl groups excluding tert-OH is 2. The van der Waals surface area contributed by atoms with Gasteiger partial charge in [0, 0.05) is 6.42 Å². The van der Waals surface area contributed by atoms with Crippen LogP contribution in [0.4, 0.5) is 0 Å². The summed E-state index contributed by atoms with van der Waals surface area (Å²) in [6, 6.07) is -0.618. The van der Waals surface area contributed by atoms with Crippen molar-refractivity contribution in [3.8, 4) is 0 Å². The number of hydrogen-bond donors (Lipinski definition) is 3. The first kappa shape index (κ1) is 60.1. The van der Waals surface area contributed by atoms with Crippen LogP contribution in [0.1, 0.15) is 328 Å². The molecule has 0 bridgehead atoms. The quantitative estimate of drug-likeness (QED) is 0.0421. The standard InChI is InChI=1S/C57H113NO3/c1-3-5-7-9-11-13-15-17-19-21-23-25-27-28-29-30-31-32-34-36-38-40-42-44-46-48-50-52-56(60)55(54-59)58-57(61)53-51-49-47-45-43-41-39-37-35-33-26-24-22-20-18-16-14-12-10-8-6-4-2/h50,52,55-56,59-60H,3-49,51,53-54H2,1-2H3,(H,58,61)/b52-50+. The van der Waals surface area contributed by atoms with Gasteiger partial charge in [-0.2, -0.15) is 0 Å².